The van der Waals surface area contributed by atoms with Crippen LogP contribution in [0.3, 0.4) is 0 Å². The van der Waals surface area contributed by atoms with Gasteiger partial charge >= 0.3 is 6.36 Å². The molecule has 0 heterocycles. The third kappa shape index (κ3) is 6.73. The van der Waals surface area contributed by atoms with Crippen molar-refractivity contribution in [1.82, 2.24) is 0 Å². The molecule has 172 valence electrons. The fourth-order valence-corrected chi connectivity index (χ4v) is 4.47. The largest absolute Gasteiger partial charge is 0.573 e. The fourth-order valence-electron chi connectivity index (χ4n) is 3.53. The van der Waals surface area contributed by atoms with E-state index in [0.29, 0.717) is 12.0 Å². The van der Waals surface area contributed by atoms with Crippen LogP contribution < -0.4 is 4.74 Å². The average molecular weight is 457 g/mol. The summed E-state index contributed by atoms with van der Waals surface area (Å²) in [5.74, 6) is -0.0879. The fraction of sp³-hybridized carbons (Fsp3) is 0.500. The Morgan fingerprint density at radius 2 is 1.61 bits per heavy atom. The standard InChI is InChI=1S/C24H31F3O3S/c1-15(2)16(3)17-11-12-20(30-24(25,26)27)19(13-17)22-18(14-23(4,5)6)9-8-10-21(22)31(7,28)29/h8-13,15-16H,14H2,1-7H3. The van der Waals surface area contributed by atoms with Crippen LogP contribution in [0.2, 0.25) is 0 Å². The molecular weight excluding hydrogens is 425 g/mol. The molecule has 1 atom stereocenters. The summed E-state index contributed by atoms with van der Waals surface area (Å²) < 4.78 is 69.1. The van der Waals surface area contributed by atoms with Crippen LogP contribution in [0.1, 0.15) is 58.6 Å². The van der Waals surface area contributed by atoms with Crippen molar-refractivity contribution >= 4 is 9.84 Å². The molecule has 2 aromatic carbocycles. The zero-order chi connectivity index (χ0) is 23.8. The van der Waals surface area contributed by atoms with Crippen LogP contribution in [0.5, 0.6) is 5.75 Å². The number of ether oxygens (including phenoxy) is 1. The predicted molar refractivity (Wildman–Crippen MR) is 118 cm³/mol. The smallest absolute Gasteiger partial charge is 0.405 e. The highest BCUT2D eigenvalue weighted by Crippen LogP contribution is 2.42. The maximum absolute atomic E-state index is 13.2. The van der Waals surface area contributed by atoms with Crippen LogP contribution in [-0.2, 0) is 16.3 Å². The number of hydrogen-bond donors (Lipinski definition) is 0. The molecule has 3 nitrogen and oxygen atoms in total. The molecule has 0 aliphatic carbocycles. The van der Waals surface area contributed by atoms with Gasteiger partial charge in [-0.3, -0.25) is 0 Å². The summed E-state index contributed by atoms with van der Waals surface area (Å²) in [5, 5.41) is 0. The van der Waals surface area contributed by atoms with E-state index in [9.17, 15) is 21.6 Å². The van der Waals surface area contributed by atoms with Gasteiger partial charge in [0.25, 0.3) is 0 Å². The van der Waals surface area contributed by atoms with Gasteiger partial charge in [0.1, 0.15) is 5.75 Å². The highest BCUT2D eigenvalue weighted by atomic mass is 32.2. The third-order valence-electron chi connectivity index (χ3n) is 5.26. The van der Waals surface area contributed by atoms with Gasteiger partial charge in [0.2, 0.25) is 0 Å². The van der Waals surface area contributed by atoms with Crippen LogP contribution in [0, 0.1) is 11.3 Å². The van der Waals surface area contributed by atoms with Gasteiger partial charge in [0.05, 0.1) is 4.90 Å². The van der Waals surface area contributed by atoms with Crippen molar-refractivity contribution in [2.75, 3.05) is 6.26 Å². The molecule has 31 heavy (non-hydrogen) atoms. The van der Waals surface area contributed by atoms with Crippen molar-refractivity contribution in [3.05, 3.63) is 47.5 Å². The Labute approximate surface area is 183 Å². The van der Waals surface area contributed by atoms with Crippen LogP contribution in [0.25, 0.3) is 11.1 Å². The summed E-state index contributed by atoms with van der Waals surface area (Å²) in [4.78, 5) is -0.00405. The van der Waals surface area contributed by atoms with Crippen LogP contribution >= 0.6 is 0 Å². The third-order valence-corrected chi connectivity index (χ3v) is 6.40. The number of sulfone groups is 1. The monoisotopic (exact) mass is 456 g/mol. The van der Waals surface area contributed by atoms with Crippen molar-refractivity contribution in [2.45, 2.75) is 65.1 Å². The summed E-state index contributed by atoms with van der Waals surface area (Å²) in [7, 11) is -3.71. The SMILES string of the molecule is CC(C)C(C)c1ccc(OC(F)(F)F)c(-c2c(CC(C)(C)C)cccc2S(C)(=O)=O)c1. The average Bonchev–Trinajstić information content (AvgIpc) is 2.58. The zero-order valence-corrected chi connectivity index (χ0v) is 19.9. The molecule has 1 unspecified atom stereocenters. The Morgan fingerprint density at radius 1 is 1.00 bits per heavy atom. The highest BCUT2D eigenvalue weighted by molar-refractivity contribution is 7.90. The van der Waals surface area contributed by atoms with E-state index in [1.165, 1.54) is 12.1 Å². The molecule has 0 amide bonds. The van der Waals surface area contributed by atoms with E-state index in [4.69, 9.17) is 0 Å². The van der Waals surface area contributed by atoms with E-state index in [0.717, 1.165) is 11.8 Å². The predicted octanol–water partition coefficient (Wildman–Crippen LogP) is 7.00. The minimum absolute atomic E-state index is 0.00405. The molecule has 0 aromatic heterocycles. The summed E-state index contributed by atoms with van der Waals surface area (Å²) in [6.07, 6.45) is -3.34. The Bertz CT molecular complexity index is 1030. The first-order valence-corrected chi connectivity index (χ1v) is 12.1. The molecule has 0 spiro atoms. The maximum Gasteiger partial charge on any atom is 0.573 e. The summed E-state index contributed by atoms with van der Waals surface area (Å²) >= 11 is 0. The maximum atomic E-state index is 13.2. The minimum Gasteiger partial charge on any atom is -0.405 e. The van der Waals surface area contributed by atoms with E-state index in [1.807, 2.05) is 41.5 Å². The minimum atomic E-state index is -4.90. The van der Waals surface area contributed by atoms with Gasteiger partial charge in [0.15, 0.2) is 9.84 Å². The molecular formula is C24H31F3O3S. The highest BCUT2D eigenvalue weighted by Gasteiger charge is 2.34. The van der Waals surface area contributed by atoms with Crippen molar-refractivity contribution in [2.24, 2.45) is 11.3 Å². The summed E-state index contributed by atoms with van der Waals surface area (Å²) in [6.45, 7) is 12.0. The Balaban J connectivity index is 2.92. The van der Waals surface area contributed by atoms with Crippen LogP contribution in [0.15, 0.2) is 41.3 Å². The Morgan fingerprint density at radius 3 is 2.10 bits per heavy atom. The molecule has 2 aromatic rings. The first-order valence-electron chi connectivity index (χ1n) is 10.2. The van der Waals surface area contributed by atoms with Gasteiger partial charge in [-0.2, -0.15) is 0 Å². The van der Waals surface area contributed by atoms with Crippen molar-refractivity contribution in [3.63, 3.8) is 0 Å². The lowest BCUT2D eigenvalue weighted by Gasteiger charge is -2.25. The number of rotatable bonds is 6. The van der Waals surface area contributed by atoms with Gasteiger partial charge in [-0.15, -0.1) is 13.2 Å². The van der Waals surface area contributed by atoms with Crippen LogP contribution in [0.4, 0.5) is 13.2 Å². The molecule has 0 fully saturated rings. The van der Waals surface area contributed by atoms with E-state index in [2.05, 4.69) is 4.74 Å². The molecule has 0 bridgehead atoms. The topological polar surface area (TPSA) is 43.4 Å². The molecule has 2 rings (SSSR count). The quantitative estimate of drug-likeness (QED) is 0.470. The molecule has 0 saturated carbocycles. The first kappa shape index (κ1) is 25.2. The van der Waals surface area contributed by atoms with E-state index in [1.54, 1.807) is 24.3 Å². The summed E-state index contributed by atoms with van der Waals surface area (Å²) in [6, 6.07) is 9.38. The number of alkyl halides is 3. The summed E-state index contributed by atoms with van der Waals surface area (Å²) in [5.41, 5.74) is 1.69. The number of halogens is 3. The Kier molecular flexibility index (Phi) is 7.20. The molecule has 7 heteroatoms. The van der Waals surface area contributed by atoms with E-state index < -0.39 is 21.9 Å². The lowest BCUT2D eigenvalue weighted by atomic mass is 9.83. The van der Waals surface area contributed by atoms with Gasteiger partial charge in [-0.25, -0.2) is 8.42 Å². The van der Waals surface area contributed by atoms with Gasteiger partial charge in [-0.05, 0) is 53.0 Å². The zero-order valence-electron chi connectivity index (χ0n) is 19.1. The van der Waals surface area contributed by atoms with Crippen molar-refractivity contribution < 1.29 is 26.3 Å². The van der Waals surface area contributed by atoms with E-state index >= 15 is 0 Å². The van der Waals surface area contributed by atoms with Crippen molar-refractivity contribution in [1.29, 1.82) is 0 Å². The van der Waals surface area contributed by atoms with E-state index in [-0.39, 0.29) is 33.3 Å². The second kappa shape index (κ2) is 8.85. The molecule has 0 aliphatic rings. The van der Waals surface area contributed by atoms with Gasteiger partial charge < -0.3 is 4.74 Å². The van der Waals surface area contributed by atoms with Crippen molar-refractivity contribution in [3.8, 4) is 16.9 Å². The van der Waals surface area contributed by atoms with Gasteiger partial charge in [-0.1, -0.05) is 59.7 Å². The first-order chi connectivity index (χ1) is 14.0. The normalized spacial score (nSPS) is 14.0. The second-order valence-corrected chi connectivity index (χ2v) is 11.6. The molecule has 0 saturated heterocycles. The molecule has 0 N–H and O–H groups in total. The Hall–Kier alpha value is -2.02. The number of hydrogen-bond acceptors (Lipinski definition) is 3. The number of benzene rings is 2. The van der Waals surface area contributed by atoms with Crippen LogP contribution in [-0.4, -0.2) is 21.0 Å². The lowest BCUT2D eigenvalue weighted by molar-refractivity contribution is -0.274. The molecule has 0 radical (unpaired) electrons. The lowest BCUT2D eigenvalue weighted by Crippen LogP contribution is -2.18. The van der Waals surface area contributed by atoms with Gasteiger partial charge in [0, 0.05) is 17.4 Å². The molecule has 0 aliphatic heterocycles. The second-order valence-electron chi connectivity index (χ2n) is 9.64.